The molecule has 1 aromatic rings. The maximum absolute atomic E-state index is 11.9. The topological polar surface area (TPSA) is 38.3 Å². The molecule has 0 spiro atoms. The first kappa shape index (κ1) is 13.4. The summed E-state index contributed by atoms with van der Waals surface area (Å²) in [7, 11) is 0. The Morgan fingerprint density at radius 1 is 1.39 bits per heavy atom. The van der Waals surface area contributed by atoms with E-state index in [4.69, 9.17) is 4.74 Å². The number of halogens is 1. The summed E-state index contributed by atoms with van der Waals surface area (Å²) in [6.45, 7) is 7.56. The second-order valence-electron chi connectivity index (χ2n) is 5.59. The first-order chi connectivity index (χ1) is 8.39. The molecule has 1 aliphatic heterocycles. The number of nitrogens with one attached hydrogen (secondary N) is 1. The molecule has 1 amide bonds. The smallest absolute Gasteiger partial charge is 0.255 e. The Morgan fingerprint density at radius 3 is 2.78 bits per heavy atom. The molecule has 1 heterocycles. The van der Waals surface area contributed by atoms with Crippen molar-refractivity contribution in [3.8, 4) is 5.75 Å². The minimum atomic E-state index is -0.0574. The molecule has 1 atom stereocenters. The van der Waals surface area contributed by atoms with E-state index < -0.39 is 0 Å². The van der Waals surface area contributed by atoms with Crippen LogP contribution in [-0.2, 0) is 0 Å². The Balaban J connectivity index is 2.40. The lowest BCUT2D eigenvalue weighted by Crippen LogP contribution is -2.24. The summed E-state index contributed by atoms with van der Waals surface area (Å²) >= 11 is 3.70. The Hall–Kier alpha value is -1.03. The van der Waals surface area contributed by atoms with Gasteiger partial charge in [-0.15, -0.1) is 0 Å². The van der Waals surface area contributed by atoms with Crippen LogP contribution < -0.4 is 10.1 Å². The van der Waals surface area contributed by atoms with Gasteiger partial charge in [0.2, 0.25) is 0 Å². The Kier molecular flexibility index (Phi) is 3.66. The van der Waals surface area contributed by atoms with Crippen molar-refractivity contribution < 1.29 is 9.53 Å². The molecule has 1 aromatic carbocycles. The molecule has 0 aliphatic carbocycles. The van der Waals surface area contributed by atoms with Crippen LogP contribution in [-0.4, -0.2) is 19.1 Å². The highest BCUT2D eigenvalue weighted by Gasteiger charge is 2.25. The highest BCUT2D eigenvalue weighted by atomic mass is 79.9. The van der Waals surface area contributed by atoms with E-state index in [-0.39, 0.29) is 16.1 Å². The van der Waals surface area contributed by atoms with Gasteiger partial charge in [-0.05, 0) is 23.1 Å². The predicted octanol–water partition coefficient (Wildman–Crippen LogP) is 3.29. The first-order valence-electron chi connectivity index (χ1n) is 6.08. The minimum absolute atomic E-state index is 0.0574. The molecule has 1 aliphatic rings. The van der Waals surface area contributed by atoms with Gasteiger partial charge in [-0.25, -0.2) is 0 Å². The average Bonchev–Trinajstić information content (AvgIpc) is 2.49. The molecular weight excluding hydrogens is 294 g/mol. The van der Waals surface area contributed by atoms with Crippen LogP contribution in [0.25, 0.3) is 0 Å². The number of hydrogen-bond acceptors (Lipinski definition) is 2. The summed E-state index contributed by atoms with van der Waals surface area (Å²) in [5, 5.41) is 2.83. The molecule has 1 N–H and O–H groups in total. The number of fused-ring (bicyclic) bond motifs is 1. The van der Waals surface area contributed by atoms with Gasteiger partial charge in [0.1, 0.15) is 12.4 Å². The van der Waals surface area contributed by atoms with Gasteiger partial charge in [0.15, 0.2) is 0 Å². The second kappa shape index (κ2) is 4.92. The van der Waals surface area contributed by atoms with Crippen molar-refractivity contribution in [1.82, 2.24) is 5.32 Å². The zero-order valence-electron chi connectivity index (χ0n) is 10.9. The van der Waals surface area contributed by atoms with Crippen LogP contribution in [0.15, 0.2) is 18.2 Å². The average molecular weight is 312 g/mol. The summed E-state index contributed by atoms with van der Waals surface area (Å²) < 4.78 is 5.54. The molecule has 3 nitrogen and oxygen atoms in total. The van der Waals surface area contributed by atoms with Gasteiger partial charge in [-0.3, -0.25) is 4.79 Å². The molecule has 0 fully saturated rings. The lowest BCUT2D eigenvalue weighted by Gasteiger charge is -2.26. The maximum atomic E-state index is 11.9. The van der Waals surface area contributed by atoms with Crippen molar-refractivity contribution in [2.75, 3.05) is 13.2 Å². The molecule has 0 radical (unpaired) electrons. The summed E-state index contributed by atoms with van der Waals surface area (Å²) in [5.74, 6) is 0.611. The number of carbonyl (C=O) groups is 1. The molecule has 98 valence electrons. The van der Waals surface area contributed by atoms with Crippen LogP contribution in [0.1, 0.15) is 41.5 Å². The van der Waals surface area contributed by atoms with Gasteiger partial charge >= 0.3 is 0 Å². The van der Waals surface area contributed by atoms with Gasteiger partial charge in [0.05, 0.1) is 12.1 Å². The van der Waals surface area contributed by atoms with E-state index >= 15 is 0 Å². The van der Waals surface area contributed by atoms with Crippen LogP contribution in [0, 0.1) is 5.41 Å². The molecule has 0 saturated carbocycles. The Bertz CT molecular complexity index is 465. The number of hydrogen-bond donors (Lipinski definition) is 1. The summed E-state index contributed by atoms with van der Waals surface area (Å²) in [4.78, 5) is 12.1. The zero-order chi connectivity index (χ0) is 13.3. The van der Waals surface area contributed by atoms with Gasteiger partial charge in [-0.2, -0.15) is 0 Å². The van der Waals surface area contributed by atoms with Gasteiger partial charge < -0.3 is 10.1 Å². The number of carbonyl (C=O) groups excluding carboxylic acids is 1. The highest BCUT2D eigenvalue weighted by molar-refractivity contribution is 9.09. The highest BCUT2D eigenvalue weighted by Crippen LogP contribution is 2.41. The van der Waals surface area contributed by atoms with E-state index in [1.807, 2.05) is 18.2 Å². The SMILES string of the molecule is CC(C)(C)C(Br)c1ccc2c(c1)C(=O)NCCO2. The summed E-state index contributed by atoms with van der Waals surface area (Å²) in [6.07, 6.45) is 0. The Morgan fingerprint density at radius 2 is 2.11 bits per heavy atom. The van der Waals surface area contributed by atoms with Gasteiger partial charge in [0.25, 0.3) is 5.91 Å². The fourth-order valence-electron chi connectivity index (χ4n) is 1.93. The standard InChI is InChI=1S/C14H18BrNO2/c1-14(2,3)12(15)9-4-5-11-10(8-9)13(17)16-6-7-18-11/h4-5,8,12H,6-7H2,1-3H3,(H,16,17). The van der Waals surface area contributed by atoms with E-state index in [9.17, 15) is 4.79 Å². The lowest BCUT2D eigenvalue weighted by atomic mass is 9.87. The van der Waals surface area contributed by atoms with E-state index in [0.29, 0.717) is 24.5 Å². The van der Waals surface area contributed by atoms with Crippen LogP contribution in [0.5, 0.6) is 5.75 Å². The minimum Gasteiger partial charge on any atom is -0.491 e. The normalized spacial score (nSPS) is 17.2. The first-order valence-corrected chi connectivity index (χ1v) is 7.00. The quantitative estimate of drug-likeness (QED) is 0.808. The van der Waals surface area contributed by atoms with Crippen molar-refractivity contribution in [3.05, 3.63) is 29.3 Å². The maximum Gasteiger partial charge on any atom is 0.255 e. The van der Waals surface area contributed by atoms with E-state index in [2.05, 4.69) is 42.0 Å². The Labute approximate surface area is 116 Å². The van der Waals surface area contributed by atoms with Crippen molar-refractivity contribution >= 4 is 21.8 Å². The third kappa shape index (κ3) is 2.69. The number of ether oxygens (including phenoxy) is 1. The van der Waals surface area contributed by atoms with Crippen molar-refractivity contribution in [2.24, 2.45) is 5.41 Å². The van der Waals surface area contributed by atoms with Crippen LogP contribution in [0.4, 0.5) is 0 Å². The van der Waals surface area contributed by atoms with E-state index in [1.54, 1.807) is 0 Å². The third-order valence-electron chi connectivity index (χ3n) is 2.95. The van der Waals surface area contributed by atoms with Crippen molar-refractivity contribution in [1.29, 1.82) is 0 Å². The van der Waals surface area contributed by atoms with Crippen LogP contribution in [0.2, 0.25) is 0 Å². The molecule has 0 saturated heterocycles. The van der Waals surface area contributed by atoms with Crippen LogP contribution in [0.3, 0.4) is 0 Å². The van der Waals surface area contributed by atoms with Crippen LogP contribution >= 0.6 is 15.9 Å². The number of rotatable bonds is 1. The third-order valence-corrected chi connectivity index (χ3v) is 4.85. The van der Waals surface area contributed by atoms with Crippen molar-refractivity contribution in [2.45, 2.75) is 25.6 Å². The van der Waals surface area contributed by atoms with Gasteiger partial charge in [0, 0.05) is 4.83 Å². The largest absolute Gasteiger partial charge is 0.491 e. The predicted molar refractivity (Wildman–Crippen MR) is 75.4 cm³/mol. The van der Waals surface area contributed by atoms with Crippen molar-refractivity contribution in [3.63, 3.8) is 0 Å². The van der Waals surface area contributed by atoms with Gasteiger partial charge in [-0.1, -0.05) is 42.8 Å². The number of amides is 1. The number of benzene rings is 1. The second-order valence-corrected chi connectivity index (χ2v) is 6.50. The zero-order valence-corrected chi connectivity index (χ0v) is 12.5. The monoisotopic (exact) mass is 311 g/mol. The molecule has 1 unspecified atom stereocenters. The molecular formula is C14H18BrNO2. The fraction of sp³-hybridized carbons (Fsp3) is 0.500. The molecule has 4 heteroatoms. The van der Waals surface area contributed by atoms with E-state index in [1.165, 1.54) is 0 Å². The molecule has 18 heavy (non-hydrogen) atoms. The summed E-state index contributed by atoms with van der Waals surface area (Å²) in [6, 6.07) is 5.82. The number of alkyl halides is 1. The molecule has 0 aromatic heterocycles. The lowest BCUT2D eigenvalue weighted by molar-refractivity contribution is 0.0957. The molecule has 2 rings (SSSR count). The summed E-state index contributed by atoms with van der Waals surface area (Å²) in [5.41, 5.74) is 1.82. The van der Waals surface area contributed by atoms with E-state index in [0.717, 1.165) is 5.56 Å². The fourth-order valence-corrected chi connectivity index (χ4v) is 2.21. The molecule has 0 bridgehead atoms.